The van der Waals surface area contributed by atoms with E-state index in [0.717, 1.165) is 25.3 Å². The minimum absolute atomic E-state index is 0. The molecule has 1 N–H and O–H groups in total. The summed E-state index contributed by atoms with van der Waals surface area (Å²) >= 11 is 0. The Kier molecular flexibility index (Phi) is 8.22. The van der Waals surface area contributed by atoms with Crippen LogP contribution < -0.4 is 10.2 Å². The number of carbonyl (C=O) groups excluding carboxylic acids is 1. The minimum Gasteiger partial charge on any atom is -0.375 e. The quantitative estimate of drug-likeness (QED) is 0.849. The van der Waals surface area contributed by atoms with Crippen molar-refractivity contribution in [2.24, 2.45) is 0 Å². The molecule has 1 aromatic carbocycles. The van der Waals surface area contributed by atoms with Gasteiger partial charge in [-0.25, -0.2) is 4.39 Å². The van der Waals surface area contributed by atoms with Crippen LogP contribution in [0, 0.1) is 5.82 Å². The number of benzene rings is 1. The molecule has 2 fully saturated rings. The fraction of sp³-hybridized carbons (Fsp3) is 0.562. The van der Waals surface area contributed by atoms with E-state index in [0.29, 0.717) is 19.7 Å². The molecule has 3 rings (SSSR count). The smallest absolute Gasteiger partial charge is 0.242 e. The van der Waals surface area contributed by atoms with E-state index in [1.165, 1.54) is 12.1 Å². The molecule has 2 heterocycles. The van der Waals surface area contributed by atoms with Crippen molar-refractivity contribution < 1.29 is 13.9 Å². The lowest BCUT2D eigenvalue weighted by atomic mass is 10.1. The SMILES string of the molecule is C[C@H]1OCCN[C@@H]1C(=O)N1CCN(c2ccc(F)cc2)CC1.Cl.Cl. The van der Waals surface area contributed by atoms with Gasteiger partial charge in [0, 0.05) is 38.4 Å². The third kappa shape index (κ3) is 4.72. The summed E-state index contributed by atoms with van der Waals surface area (Å²) in [5.74, 6) is -0.110. The maximum absolute atomic E-state index is 13.0. The van der Waals surface area contributed by atoms with Gasteiger partial charge in [-0.2, -0.15) is 0 Å². The molecule has 0 radical (unpaired) electrons. The molecule has 8 heteroatoms. The first kappa shape index (κ1) is 21.0. The summed E-state index contributed by atoms with van der Waals surface area (Å²) in [6.45, 7) is 6.20. The van der Waals surface area contributed by atoms with E-state index in [1.54, 1.807) is 12.1 Å². The van der Waals surface area contributed by atoms with Gasteiger partial charge in [0.1, 0.15) is 11.9 Å². The Bertz CT molecular complexity index is 525. The molecule has 0 saturated carbocycles. The van der Waals surface area contributed by atoms with Crippen LogP contribution in [0.15, 0.2) is 24.3 Å². The summed E-state index contributed by atoms with van der Waals surface area (Å²) in [5.41, 5.74) is 1.00. The summed E-state index contributed by atoms with van der Waals surface area (Å²) in [5, 5.41) is 3.24. The van der Waals surface area contributed by atoms with Crippen LogP contribution in [-0.4, -0.2) is 62.3 Å². The Labute approximate surface area is 154 Å². The largest absolute Gasteiger partial charge is 0.375 e. The molecule has 2 saturated heterocycles. The fourth-order valence-corrected chi connectivity index (χ4v) is 3.04. The third-order valence-electron chi connectivity index (χ3n) is 4.37. The number of morpholine rings is 1. The molecule has 0 spiro atoms. The molecule has 2 aliphatic rings. The van der Waals surface area contributed by atoms with Gasteiger partial charge in [0.25, 0.3) is 0 Å². The number of ether oxygens (including phenoxy) is 1. The second-order valence-corrected chi connectivity index (χ2v) is 5.80. The molecule has 5 nitrogen and oxygen atoms in total. The van der Waals surface area contributed by atoms with Crippen LogP contribution in [0.25, 0.3) is 0 Å². The number of amides is 1. The van der Waals surface area contributed by atoms with Gasteiger partial charge in [0.05, 0.1) is 12.7 Å². The molecular weight excluding hydrogens is 356 g/mol. The van der Waals surface area contributed by atoms with E-state index in [2.05, 4.69) is 10.2 Å². The van der Waals surface area contributed by atoms with Crippen molar-refractivity contribution in [3.63, 3.8) is 0 Å². The Balaban J connectivity index is 0.00000144. The standard InChI is InChI=1S/C16H22FN3O2.2ClH/c1-12-15(18-6-11-22-12)16(21)20-9-7-19(8-10-20)14-4-2-13(17)3-5-14;;/h2-5,12,15,18H,6-11H2,1H3;2*1H/t12-,15+;;/m1../s1. The highest BCUT2D eigenvalue weighted by molar-refractivity contribution is 5.85. The summed E-state index contributed by atoms with van der Waals surface area (Å²) in [6, 6.07) is 6.26. The number of halogens is 3. The van der Waals surface area contributed by atoms with E-state index in [9.17, 15) is 9.18 Å². The maximum Gasteiger partial charge on any atom is 0.242 e. The van der Waals surface area contributed by atoms with Crippen LogP contribution in [0.1, 0.15) is 6.92 Å². The van der Waals surface area contributed by atoms with Gasteiger partial charge >= 0.3 is 0 Å². The van der Waals surface area contributed by atoms with Crippen LogP contribution in [0.3, 0.4) is 0 Å². The highest BCUT2D eigenvalue weighted by Gasteiger charge is 2.33. The second kappa shape index (κ2) is 9.42. The summed E-state index contributed by atoms with van der Waals surface area (Å²) in [7, 11) is 0. The van der Waals surface area contributed by atoms with Crippen LogP contribution >= 0.6 is 24.8 Å². The van der Waals surface area contributed by atoms with Crippen LogP contribution in [0.2, 0.25) is 0 Å². The van der Waals surface area contributed by atoms with Gasteiger partial charge in [0.2, 0.25) is 5.91 Å². The van der Waals surface area contributed by atoms with Crippen molar-refractivity contribution in [2.75, 3.05) is 44.2 Å². The first-order chi connectivity index (χ1) is 10.6. The molecule has 1 aromatic rings. The van der Waals surface area contributed by atoms with Gasteiger partial charge in [-0.15, -0.1) is 24.8 Å². The lowest BCUT2D eigenvalue weighted by molar-refractivity contribution is -0.139. The Morgan fingerprint density at radius 2 is 1.79 bits per heavy atom. The van der Waals surface area contributed by atoms with Crippen molar-refractivity contribution in [1.29, 1.82) is 0 Å². The number of nitrogens with zero attached hydrogens (tertiary/aromatic N) is 2. The topological polar surface area (TPSA) is 44.8 Å². The zero-order valence-corrected chi connectivity index (χ0v) is 15.2. The van der Waals surface area contributed by atoms with Crippen molar-refractivity contribution in [3.05, 3.63) is 30.1 Å². The van der Waals surface area contributed by atoms with Gasteiger partial charge in [0.15, 0.2) is 0 Å². The molecule has 2 atom stereocenters. The summed E-state index contributed by atoms with van der Waals surface area (Å²) in [4.78, 5) is 16.6. The second-order valence-electron chi connectivity index (χ2n) is 5.80. The van der Waals surface area contributed by atoms with Crippen molar-refractivity contribution in [3.8, 4) is 0 Å². The fourth-order valence-electron chi connectivity index (χ4n) is 3.04. The van der Waals surface area contributed by atoms with E-state index < -0.39 is 0 Å². The third-order valence-corrected chi connectivity index (χ3v) is 4.37. The number of carbonyl (C=O) groups is 1. The van der Waals surface area contributed by atoms with Gasteiger partial charge in [-0.1, -0.05) is 0 Å². The van der Waals surface area contributed by atoms with Crippen molar-refractivity contribution >= 4 is 36.4 Å². The highest BCUT2D eigenvalue weighted by atomic mass is 35.5. The van der Waals surface area contributed by atoms with Crippen molar-refractivity contribution in [2.45, 2.75) is 19.1 Å². The van der Waals surface area contributed by atoms with Gasteiger partial charge in [-0.05, 0) is 31.2 Å². The van der Waals surface area contributed by atoms with E-state index in [4.69, 9.17) is 4.74 Å². The van der Waals surface area contributed by atoms with Crippen LogP contribution in [0.4, 0.5) is 10.1 Å². The lowest BCUT2D eigenvalue weighted by Crippen LogP contribution is -2.59. The Morgan fingerprint density at radius 1 is 1.17 bits per heavy atom. The first-order valence-corrected chi connectivity index (χ1v) is 7.79. The number of hydrogen-bond donors (Lipinski definition) is 1. The van der Waals surface area contributed by atoms with Gasteiger partial charge < -0.3 is 19.9 Å². The average molecular weight is 380 g/mol. The molecule has 2 aliphatic heterocycles. The van der Waals surface area contributed by atoms with E-state index in [1.807, 2.05) is 11.8 Å². The lowest BCUT2D eigenvalue weighted by Gasteiger charge is -2.39. The first-order valence-electron chi connectivity index (χ1n) is 7.79. The predicted octanol–water partition coefficient (Wildman–Crippen LogP) is 1.69. The molecular formula is C16H24Cl2FN3O2. The predicted molar refractivity (Wildman–Crippen MR) is 96.9 cm³/mol. The Morgan fingerprint density at radius 3 is 2.38 bits per heavy atom. The summed E-state index contributed by atoms with van der Waals surface area (Å²) < 4.78 is 18.5. The number of nitrogens with one attached hydrogen (secondary N) is 1. The van der Waals surface area contributed by atoms with Crippen LogP contribution in [0.5, 0.6) is 0 Å². The van der Waals surface area contributed by atoms with Crippen LogP contribution in [-0.2, 0) is 9.53 Å². The zero-order chi connectivity index (χ0) is 15.5. The number of rotatable bonds is 2. The maximum atomic E-state index is 13.0. The van der Waals surface area contributed by atoms with Crippen molar-refractivity contribution in [1.82, 2.24) is 10.2 Å². The highest BCUT2D eigenvalue weighted by Crippen LogP contribution is 2.18. The monoisotopic (exact) mass is 379 g/mol. The molecule has 136 valence electrons. The van der Waals surface area contributed by atoms with E-state index >= 15 is 0 Å². The molecule has 0 bridgehead atoms. The molecule has 0 aliphatic carbocycles. The average Bonchev–Trinajstić information content (AvgIpc) is 2.56. The molecule has 1 amide bonds. The molecule has 24 heavy (non-hydrogen) atoms. The summed E-state index contributed by atoms with van der Waals surface area (Å²) in [6.07, 6.45) is -0.0867. The minimum atomic E-state index is -0.244. The number of hydrogen-bond acceptors (Lipinski definition) is 4. The number of anilines is 1. The Hall–Kier alpha value is -1.08. The molecule has 0 aromatic heterocycles. The van der Waals surface area contributed by atoms with E-state index in [-0.39, 0.29) is 48.7 Å². The zero-order valence-electron chi connectivity index (χ0n) is 13.6. The normalized spacial score (nSPS) is 23.9. The van der Waals surface area contributed by atoms with Gasteiger partial charge in [-0.3, -0.25) is 4.79 Å². The number of piperazine rings is 1. The molecule has 0 unspecified atom stereocenters.